The minimum absolute atomic E-state index is 0.111. The Kier molecular flexibility index (Phi) is 5.36. The van der Waals surface area contributed by atoms with Crippen molar-refractivity contribution in [3.63, 3.8) is 0 Å². The van der Waals surface area contributed by atoms with Crippen LogP contribution in [0.4, 0.5) is 51.1 Å². The van der Waals surface area contributed by atoms with E-state index in [0.717, 1.165) is 7.05 Å². The van der Waals surface area contributed by atoms with Crippen molar-refractivity contribution >= 4 is 23.2 Å². The van der Waals surface area contributed by atoms with Gasteiger partial charge in [-0.2, -0.15) is 39.5 Å². The maximum atomic E-state index is 13.0. The molecule has 2 rings (SSSR count). The predicted molar refractivity (Wildman–Crippen MR) is 79.2 cm³/mol. The van der Waals surface area contributed by atoms with Gasteiger partial charge in [0.1, 0.15) is 0 Å². The molecule has 0 amide bonds. The van der Waals surface area contributed by atoms with E-state index in [1.165, 1.54) is 0 Å². The summed E-state index contributed by atoms with van der Waals surface area (Å²) in [6.07, 6.45) is -15.6. The number of rotatable bonds is 2. The highest BCUT2D eigenvalue weighted by atomic mass is 35.5. The van der Waals surface area contributed by atoms with Gasteiger partial charge in [0.15, 0.2) is 5.69 Å². The zero-order chi connectivity index (χ0) is 21.7. The van der Waals surface area contributed by atoms with Crippen molar-refractivity contribution in [1.82, 2.24) is 9.55 Å². The van der Waals surface area contributed by atoms with Crippen molar-refractivity contribution in [2.45, 2.75) is 18.5 Å². The number of alkyl halides is 9. The summed E-state index contributed by atoms with van der Waals surface area (Å²) in [5.41, 5.74) is -7.63. The van der Waals surface area contributed by atoms with Crippen LogP contribution >= 0.6 is 11.6 Å². The zero-order valence-electron chi connectivity index (χ0n) is 13.3. The highest BCUT2D eigenvalue weighted by Crippen LogP contribution is 2.43. The third-order valence-electron chi connectivity index (χ3n) is 3.38. The molecule has 154 valence electrons. The first-order chi connectivity index (χ1) is 12.5. The quantitative estimate of drug-likeness (QED) is 0.652. The van der Waals surface area contributed by atoms with Crippen LogP contribution in [0.3, 0.4) is 0 Å². The van der Waals surface area contributed by atoms with Gasteiger partial charge in [0, 0.05) is 13.1 Å². The van der Waals surface area contributed by atoms with Gasteiger partial charge in [-0.15, -0.1) is 0 Å². The number of hydrogen-bond donors (Lipinski definition) is 1. The molecule has 0 unspecified atom stereocenters. The average Bonchev–Trinajstić information content (AvgIpc) is 2.50. The summed E-state index contributed by atoms with van der Waals surface area (Å²) < 4.78 is 117. The smallest absolute Gasteiger partial charge is 0.324 e. The Morgan fingerprint density at radius 1 is 0.929 bits per heavy atom. The van der Waals surface area contributed by atoms with Crippen LogP contribution in [-0.2, 0) is 25.6 Å². The summed E-state index contributed by atoms with van der Waals surface area (Å²) in [5, 5.41) is 0.595. The highest BCUT2D eigenvalue weighted by molar-refractivity contribution is 6.34. The molecule has 2 aromatic rings. The summed E-state index contributed by atoms with van der Waals surface area (Å²) in [5.74, 6) is -0.964. The van der Waals surface area contributed by atoms with E-state index in [-0.39, 0.29) is 18.2 Å². The highest BCUT2D eigenvalue weighted by Gasteiger charge is 2.40. The lowest BCUT2D eigenvalue weighted by Crippen LogP contribution is -2.24. The van der Waals surface area contributed by atoms with E-state index in [9.17, 15) is 44.3 Å². The molecule has 1 aromatic heterocycles. The van der Waals surface area contributed by atoms with Gasteiger partial charge in [0.25, 0.3) is 5.56 Å². The van der Waals surface area contributed by atoms with Crippen LogP contribution in [0.15, 0.2) is 23.0 Å². The van der Waals surface area contributed by atoms with Crippen molar-refractivity contribution in [3.05, 3.63) is 50.4 Å². The van der Waals surface area contributed by atoms with Gasteiger partial charge >= 0.3 is 18.5 Å². The second-order valence-electron chi connectivity index (χ2n) is 5.37. The van der Waals surface area contributed by atoms with E-state index in [1.807, 2.05) is 5.32 Å². The molecule has 0 aliphatic heterocycles. The van der Waals surface area contributed by atoms with Crippen LogP contribution in [0.5, 0.6) is 0 Å². The first-order valence-electron chi connectivity index (χ1n) is 6.92. The monoisotopic (exact) mass is 439 g/mol. The molecule has 0 aliphatic carbocycles. The fourth-order valence-corrected chi connectivity index (χ4v) is 2.27. The SMILES string of the molecule is Cn1c(Nc2cc(C(F)(F)F)cc(C(F)(F)F)c2Cl)nc(C(F)(F)F)cc1=O. The van der Waals surface area contributed by atoms with E-state index in [4.69, 9.17) is 11.6 Å². The van der Waals surface area contributed by atoms with Crippen molar-refractivity contribution in [2.75, 3.05) is 5.32 Å². The molecule has 0 atom stereocenters. The first kappa shape index (κ1) is 21.9. The second-order valence-corrected chi connectivity index (χ2v) is 5.74. The first-order valence-corrected chi connectivity index (χ1v) is 7.30. The lowest BCUT2D eigenvalue weighted by atomic mass is 10.1. The molecule has 1 aromatic carbocycles. The molecule has 0 spiro atoms. The molecular formula is C14H7ClF9N3O. The third kappa shape index (κ3) is 4.51. The number of anilines is 2. The largest absolute Gasteiger partial charge is 0.433 e. The summed E-state index contributed by atoms with van der Waals surface area (Å²) in [6.45, 7) is 0. The molecule has 0 saturated carbocycles. The van der Waals surface area contributed by atoms with E-state index < -0.39 is 57.6 Å². The van der Waals surface area contributed by atoms with Crippen LogP contribution in [0, 0.1) is 0 Å². The summed E-state index contributed by atoms with van der Waals surface area (Å²) >= 11 is 5.50. The Morgan fingerprint density at radius 3 is 1.96 bits per heavy atom. The minimum Gasteiger partial charge on any atom is -0.324 e. The lowest BCUT2D eigenvalue weighted by Gasteiger charge is -2.18. The van der Waals surface area contributed by atoms with Crippen molar-refractivity contribution < 1.29 is 39.5 Å². The van der Waals surface area contributed by atoms with E-state index in [1.54, 1.807) is 0 Å². The van der Waals surface area contributed by atoms with Gasteiger partial charge in [0.05, 0.1) is 21.8 Å². The summed E-state index contributed by atoms with van der Waals surface area (Å²) in [6, 6.07) is 0.0240. The Balaban J connectivity index is 2.70. The number of nitrogens with zero attached hydrogens (tertiary/aromatic N) is 2. The molecule has 28 heavy (non-hydrogen) atoms. The fourth-order valence-electron chi connectivity index (χ4n) is 2.00. The minimum atomic E-state index is -5.29. The molecular weight excluding hydrogens is 433 g/mol. The lowest BCUT2D eigenvalue weighted by molar-refractivity contribution is -0.143. The van der Waals surface area contributed by atoms with E-state index in [0.29, 0.717) is 4.57 Å². The van der Waals surface area contributed by atoms with Crippen molar-refractivity contribution in [2.24, 2.45) is 7.05 Å². The number of nitrogens with one attached hydrogen (secondary N) is 1. The molecule has 1 N–H and O–H groups in total. The van der Waals surface area contributed by atoms with Crippen molar-refractivity contribution in [3.8, 4) is 0 Å². The van der Waals surface area contributed by atoms with E-state index >= 15 is 0 Å². The van der Waals surface area contributed by atoms with Crippen molar-refractivity contribution in [1.29, 1.82) is 0 Å². The van der Waals surface area contributed by atoms with Crippen LogP contribution in [0.25, 0.3) is 0 Å². The molecule has 0 aliphatic rings. The maximum Gasteiger partial charge on any atom is 0.433 e. The molecule has 0 bridgehead atoms. The van der Waals surface area contributed by atoms with E-state index in [2.05, 4.69) is 4.98 Å². The van der Waals surface area contributed by atoms with Gasteiger partial charge < -0.3 is 5.32 Å². The van der Waals surface area contributed by atoms with Gasteiger partial charge in [0.2, 0.25) is 5.95 Å². The Bertz CT molecular complexity index is 961. The Morgan fingerprint density at radius 2 is 1.50 bits per heavy atom. The third-order valence-corrected chi connectivity index (χ3v) is 3.78. The number of benzene rings is 1. The molecule has 1 heterocycles. The van der Waals surface area contributed by atoms with Crippen LogP contribution < -0.4 is 10.9 Å². The normalized spacial score (nSPS) is 13.0. The van der Waals surface area contributed by atoms with Crippen LogP contribution in [-0.4, -0.2) is 9.55 Å². The van der Waals surface area contributed by atoms with Gasteiger partial charge in [-0.1, -0.05) is 11.6 Å². The number of aromatic nitrogens is 2. The van der Waals surface area contributed by atoms with Gasteiger partial charge in [-0.25, -0.2) is 4.98 Å². The molecule has 0 radical (unpaired) electrons. The second kappa shape index (κ2) is 6.87. The van der Waals surface area contributed by atoms with Gasteiger partial charge in [-0.05, 0) is 12.1 Å². The number of halogens is 10. The number of hydrogen-bond acceptors (Lipinski definition) is 3. The zero-order valence-corrected chi connectivity index (χ0v) is 14.1. The van der Waals surface area contributed by atoms with Crippen LogP contribution in [0.2, 0.25) is 5.02 Å². The summed E-state index contributed by atoms with van der Waals surface area (Å²) in [7, 11) is 0.907. The Labute approximate surface area is 154 Å². The Hall–Kier alpha value is -2.44. The predicted octanol–water partition coefficient (Wildman–Crippen LogP) is 5.23. The standard InChI is InChI=1S/C14H7ClF9N3O/c1-27-9(28)4-8(14(22,23)24)26-11(27)25-7-3-5(12(16,17)18)2-6(10(7)15)13(19,20)21/h2-4H,1H3,(H,25,26). The molecule has 0 saturated heterocycles. The summed E-state index contributed by atoms with van der Waals surface area (Å²) in [4.78, 5) is 14.7. The van der Waals surface area contributed by atoms with Gasteiger partial charge in [-0.3, -0.25) is 9.36 Å². The van der Waals surface area contributed by atoms with Crippen LogP contribution in [0.1, 0.15) is 16.8 Å². The molecule has 0 fully saturated rings. The average molecular weight is 440 g/mol. The molecule has 4 nitrogen and oxygen atoms in total. The fraction of sp³-hybridized carbons (Fsp3) is 0.286. The maximum absolute atomic E-state index is 13.0. The molecule has 14 heteroatoms. The topological polar surface area (TPSA) is 46.9 Å².